The Labute approximate surface area is 104 Å². The fraction of sp³-hybridized carbons (Fsp3) is 1.00. The molecule has 98 valence electrons. The van der Waals surface area contributed by atoms with Crippen molar-refractivity contribution in [1.29, 1.82) is 0 Å². The standard InChI is InChI=1S/C14H25NO2/c1-14(16,8-12-9-17-5-4-15-12)13-7-10-2-3-11(13)6-10/h10-13,15-16H,2-9H2,1H3. The van der Waals surface area contributed by atoms with Crippen molar-refractivity contribution in [1.82, 2.24) is 5.32 Å². The van der Waals surface area contributed by atoms with Crippen LogP contribution < -0.4 is 5.32 Å². The molecule has 0 aromatic rings. The van der Waals surface area contributed by atoms with Crippen molar-refractivity contribution < 1.29 is 9.84 Å². The molecule has 1 aliphatic heterocycles. The smallest absolute Gasteiger partial charge is 0.0666 e. The first-order valence-corrected chi connectivity index (χ1v) is 7.18. The number of aliphatic hydroxyl groups is 1. The van der Waals surface area contributed by atoms with E-state index in [4.69, 9.17) is 4.74 Å². The van der Waals surface area contributed by atoms with Crippen molar-refractivity contribution in [2.75, 3.05) is 19.8 Å². The Kier molecular flexibility index (Phi) is 3.18. The van der Waals surface area contributed by atoms with Gasteiger partial charge in [0.25, 0.3) is 0 Å². The van der Waals surface area contributed by atoms with E-state index in [0.29, 0.717) is 12.0 Å². The Morgan fingerprint density at radius 3 is 2.82 bits per heavy atom. The molecule has 3 fully saturated rings. The van der Waals surface area contributed by atoms with E-state index in [0.717, 1.165) is 38.0 Å². The second-order valence-corrected chi connectivity index (χ2v) is 6.57. The van der Waals surface area contributed by atoms with Crippen molar-refractivity contribution >= 4 is 0 Å². The van der Waals surface area contributed by atoms with E-state index in [1.54, 1.807) is 0 Å². The van der Waals surface area contributed by atoms with Gasteiger partial charge in [-0.25, -0.2) is 0 Å². The van der Waals surface area contributed by atoms with Crippen LogP contribution in [-0.4, -0.2) is 36.5 Å². The highest BCUT2D eigenvalue weighted by Gasteiger charge is 2.48. The van der Waals surface area contributed by atoms with Gasteiger partial charge in [0.2, 0.25) is 0 Å². The molecule has 3 rings (SSSR count). The summed E-state index contributed by atoms with van der Waals surface area (Å²) in [5, 5.41) is 14.3. The van der Waals surface area contributed by atoms with Gasteiger partial charge >= 0.3 is 0 Å². The van der Waals surface area contributed by atoms with Crippen LogP contribution in [0.4, 0.5) is 0 Å². The molecule has 0 aromatic heterocycles. The highest BCUT2D eigenvalue weighted by molar-refractivity contribution is 4.99. The zero-order valence-corrected chi connectivity index (χ0v) is 10.8. The van der Waals surface area contributed by atoms with Crippen molar-refractivity contribution in [3.05, 3.63) is 0 Å². The molecule has 5 atom stereocenters. The summed E-state index contributed by atoms with van der Waals surface area (Å²) in [7, 11) is 0. The van der Waals surface area contributed by atoms with Gasteiger partial charge in [-0.2, -0.15) is 0 Å². The predicted molar refractivity (Wildman–Crippen MR) is 66.8 cm³/mol. The summed E-state index contributed by atoms with van der Waals surface area (Å²) in [6.45, 7) is 4.55. The lowest BCUT2D eigenvalue weighted by Crippen LogP contribution is -2.49. The van der Waals surface area contributed by atoms with Gasteiger partial charge < -0.3 is 15.2 Å². The molecule has 0 spiro atoms. The number of hydrogen-bond donors (Lipinski definition) is 2. The molecule has 0 amide bonds. The Hall–Kier alpha value is -0.120. The molecule has 2 bridgehead atoms. The molecule has 2 saturated carbocycles. The maximum absolute atomic E-state index is 10.8. The lowest BCUT2D eigenvalue weighted by Gasteiger charge is -2.39. The minimum atomic E-state index is -0.502. The molecular weight excluding hydrogens is 214 g/mol. The highest BCUT2D eigenvalue weighted by Crippen LogP contribution is 2.52. The van der Waals surface area contributed by atoms with Crippen molar-refractivity contribution in [3.63, 3.8) is 0 Å². The highest BCUT2D eigenvalue weighted by atomic mass is 16.5. The molecule has 2 N–H and O–H groups in total. The van der Waals surface area contributed by atoms with Crippen molar-refractivity contribution in [3.8, 4) is 0 Å². The van der Waals surface area contributed by atoms with E-state index in [2.05, 4.69) is 12.2 Å². The van der Waals surface area contributed by atoms with Gasteiger partial charge in [0.15, 0.2) is 0 Å². The summed E-state index contributed by atoms with van der Waals surface area (Å²) in [5.74, 6) is 2.23. The summed E-state index contributed by atoms with van der Waals surface area (Å²) in [4.78, 5) is 0. The summed E-state index contributed by atoms with van der Waals surface area (Å²) in [6, 6.07) is 0.345. The molecule has 5 unspecified atom stereocenters. The molecular formula is C14H25NO2. The van der Waals surface area contributed by atoms with E-state index < -0.39 is 5.60 Å². The van der Waals surface area contributed by atoms with E-state index in [-0.39, 0.29) is 0 Å². The zero-order chi connectivity index (χ0) is 11.9. The normalized spacial score (nSPS) is 44.8. The third kappa shape index (κ3) is 2.38. The SMILES string of the molecule is CC(O)(CC1COCCN1)C1CC2CCC1C2. The van der Waals surface area contributed by atoms with Crippen LogP contribution >= 0.6 is 0 Å². The zero-order valence-electron chi connectivity index (χ0n) is 10.8. The fourth-order valence-corrected chi connectivity index (χ4v) is 4.41. The molecule has 3 nitrogen and oxygen atoms in total. The molecule has 3 aliphatic rings. The average Bonchev–Trinajstić information content (AvgIpc) is 2.91. The maximum atomic E-state index is 10.8. The Morgan fingerprint density at radius 1 is 1.35 bits per heavy atom. The number of ether oxygens (including phenoxy) is 1. The second kappa shape index (κ2) is 4.52. The number of nitrogens with one attached hydrogen (secondary N) is 1. The van der Waals surface area contributed by atoms with Gasteiger partial charge in [-0.3, -0.25) is 0 Å². The Balaban J connectivity index is 1.60. The number of morpholine rings is 1. The lowest BCUT2D eigenvalue weighted by molar-refractivity contribution is -0.0517. The van der Waals surface area contributed by atoms with E-state index in [9.17, 15) is 5.11 Å². The van der Waals surface area contributed by atoms with Gasteiger partial charge in [-0.1, -0.05) is 6.42 Å². The third-order valence-corrected chi connectivity index (χ3v) is 5.20. The van der Waals surface area contributed by atoms with E-state index >= 15 is 0 Å². The van der Waals surface area contributed by atoms with Gasteiger partial charge in [0, 0.05) is 12.6 Å². The minimum Gasteiger partial charge on any atom is -0.390 e. The predicted octanol–water partition coefficient (Wildman–Crippen LogP) is 1.55. The van der Waals surface area contributed by atoms with Gasteiger partial charge in [0.1, 0.15) is 0 Å². The topological polar surface area (TPSA) is 41.5 Å². The van der Waals surface area contributed by atoms with Crippen molar-refractivity contribution in [2.24, 2.45) is 17.8 Å². The minimum absolute atomic E-state index is 0.345. The fourth-order valence-electron chi connectivity index (χ4n) is 4.41. The summed E-state index contributed by atoms with van der Waals surface area (Å²) in [5.41, 5.74) is -0.502. The first-order chi connectivity index (χ1) is 8.15. The van der Waals surface area contributed by atoms with Crippen molar-refractivity contribution in [2.45, 2.75) is 50.7 Å². The van der Waals surface area contributed by atoms with Gasteiger partial charge in [-0.15, -0.1) is 0 Å². The van der Waals surface area contributed by atoms with Crippen LogP contribution in [0.3, 0.4) is 0 Å². The number of rotatable bonds is 3. The molecule has 17 heavy (non-hydrogen) atoms. The lowest BCUT2D eigenvalue weighted by atomic mass is 9.74. The summed E-state index contributed by atoms with van der Waals surface area (Å²) >= 11 is 0. The molecule has 3 heteroatoms. The van der Waals surface area contributed by atoms with Crippen LogP contribution in [0.15, 0.2) is 0 Å². The van der Waals surface area contributed by atoms with Crippen LogP contribution in [0.1, 0.15) is 39.0 Å². The monoisotopic (exact) mass is 239 g/mol. The summed E-state index contributed by atoms with van der Waals surface area (Å²) < 4.78 is 5.48. The third-order valence-electron chi connectivity index (χ3n) is 5.20. The first-order valence-electron chi connectivity index (χ1n) is 7.18. The van der Waals surface area contributed by atoms with E-state index in [1.807, 2.05) is 0 Å². The molecule has 2 aliphatic carbocycles. The first kappa shape index (κ1) is 11.9. The van der Waals surface area contributed by atoms with Crippen LogP contribution in [-0.2, 0) is 4.74 Å². The molecule has 1 heterocycles. The summed E-state index contributed by atoms with van der Waals surface area (Å²) in [6.07, 6.45) is 6.23. The van der Waals surface area contributed by atoms with Crippen LogP contribution in [0.2, 0.25) is 0 Å². The van der Waals surface area contributed by atoms with Crippen LogP contribution in [0.5, 0.6) is 0 Å². The Bertz CT molecular complexity index is 273. The maximum Gasteiger partial charge on any atom is 0.0666 e. The van der Waals surface area contributed by atoms with Gasteiger partial charge in [0.05, 0.1) is 18.8 Å². The molecule has 1 saturated heterocycles. The van der Waals surface area contributed by atoms with Gasteiger partial charge in [-0.05, 0) is 50.4 Å². The average molecular weight is 239 g/mol. The van der Waals surface area contributed by atoms with Crippen LogP contribution in [0, 0.1) is 17.8 Å². The second-order valence-electron chi connectivity index (χ2n) is 6.57. The number of fused-ring (bicyclic) bond motifs is 2. The van der Waals surface area contributed by atoms with Crippen LogP contribution in [0.25, 0.3) is 0 Å². The largest absolute Gasteiger partial charge is 0.390 e. The Morgan fingerprint density at radius 2 is 2.24 bits per heavy atom. The quantitative estimate of drug-likeness (QED) is 0.785. The molecule has 0 aromatic carbocycles. The van der Waals surface area contributed by atoms with E-state index in [1.165, 1.54) is 25.7 Å². The number of hydrogen-bond acceptors (Lipinski definition) is 3. The molecule has 0 radical (unpaired) electrons.